The number of para-hydroxylation sites is 1. The first-order valence-electron chi connectivity index (χ1n) is 10.3. The summed E-state index contributed by atoms with van der Waals surface area (Å²) in [4.78, 5) is 27.9. The van der Waals surface area contributed by atoms with Gasteiger partial charge in [-0.15, -0.1) is 0 Å². The zero-order valence-electron chi connectivity index (χ0n) is 17.5. The summed E-state index contributed by atoms with van der Waals surface area (Å²) in [6, 6.07) is 23.1. The number of hydrogen-bond donors (Lipinski definition) is 1. The number of carbonyl (C=O) groups is 2. The number of fused-ring (bicyclic) bond motifs is 2. The lowest BCUT2D eigenvalue weighted by Crippen LogP contribution is -2.36. The molecule has 1 aliphatic rings. The lowest BCUT2D eigenvalue weighted by Gasteiger charge is -2.25. The molecular weight excluding hydrogens is 386 g/mol. The number of nitrogens with one attached hydrogen (secondary N) is 1. The van der Waals surface area contributed by atoms with Gasteiger partial charge in [-0.1, -0.05) is 54.1 Å². The van der Waals surface area contributed by atoms with Gasteiger partial charge in [0.05, 0.1) is 6.04 Å². The van der Waals surface area contributed by atoms with Crippen molar-refractivity contribution in [1.29, 1.82) is 0 Å². The summed E-state index contributed by atoms with van der Waals surface area (Å²) in [6.45, 7) is 1.98. The van der Waals surface area contributed by atoms with Crippen molar-refractivity contribution in [3.63, 3.8) is 0 Å². The van der Waals surface area contributed by atoms with E-state index in [1.54, 1.807) is 4.90 Å². The van der Waals surface area contributed by atoms with Gasteiger partial charge in [-0.05, 0) is 36.8 Å². The van der Waals surface area contributed by atoms with E-state index in [0.29, 0.717) is 5.56 Å². The normalized spacial score (nSPS) is 15.4. The molecule has 5 rings (SSSR count). The molecule has 5 nitrogen and oxygen atoms in total. The van der Waals surface area contributed by atoms with E-state index in [4.69, 9.17) is 0 Å². The van der Waals surface area contributed by atoms with Gasteiger partial charge in [0.15, 0.2) is 0 Å². The second kappa shape index (κ2) is 7.43. The SMILES string of the molecule is Cc1ccc(NC(=O)CN2C(=O)c3ccccc3C2c2cn(C)c3ccccc23)cc1. The summed E-state index contributed by atoms with van der Waals surface area (Å²) >= 11 is 0. The quantitative estimate of drug-likeness (QED) is 0.533. The Morgan fingerprint density at radius 1 is 0.935 bits per heavy atom. The standard InChI is InChI=1S/C26H23N3O2/c1-17-11-13-18(14-12-17)27-24(30)16-29-25(20-8-3-4-9-21(20)26(29)31)22-15-28(2)23-10-6-5-7-19(22)23/h3-15,25H,16H2,1-2H3,(H,27,30). The van der Waals surface area contributed by atoms with E-state index in [9.17, 15) is 9.59 Å². The van der Waals surface area contributed by atoms with Crippen molar-refractivity contribution < 1.29 is 9.59 Å². The monoisotopic (exact) mass is 409 g/mol. The highest BCUT2D eigenvalue weighted by molar-refractivity contribution is 6.04. The average Bonchev–Trinajstić information content (AvgIpc) is 3.24. The van der Waals surface area contributed by atoms with Crippen LogP contribution in [-0.2, 0) is 11.8 Å². The lowest BCUT2D eigenvalue weighted by atomic mass is 9.97. The van der Waals surface area contributed by atoms with Crippen LogP contribution in [0.25, 0.3) is 10.9 Å². The Hall–Kier alpha value is -3.86. The molecule has 2 heterocycles. The minimum atomic E-state index is -0.307. The molecule has 4 aromatic rings. The summed E-state index contributed by atoms with van der Waals surface area (Å²) in [5.41, 5.74) is 5.56. The van der Waals surface area contributed by atoms with Crippen LogP contribution >= 0.6 is 0 Å². The Kier molecular flexibility index (Phi) is 4.59. The Morgan fingerprint density at radius 2 is 1.65 bits per heavy atom. The maximum atomic E-state index is 13.3. The second-order valence-electron chi connectivity index (χ2n) is 8.05. The van der Waals surface area contributed by atoms with Crippen LogP contribution < -0.4 is 5.32 Å². The topological polar surface area (TPSA) is 54.3 Å². The number of aromatic nitrogens is 1. The van der Waals surface area contributed by atoms with E-state index >= 15 is 0 Å². The van der Waals surface area contributed by atoms with Gasteiger partial charge < -0.3 is 14.8 Å². The minimum Gasteiger partial charge on any atom is -0.350 e. The predicted octanol–water partition coefficient (Wildman–Crippen LogP) is 4.67. The molecule has 0 radical (unpaired) electrons. The van der Waals surface area contributed by atoms with Gasteiger partial charge in [-0.3, -0.25) is 9.59 Å². The van der Waals surface area contributed by atoms with Crippen molar-refractivity contribution >= 4 is 28.4 Å². The zero-order valence-corrected chi connectivity index (χ0v) is 17.5. The van der Waals surface area contributed by atoms with Gasteiger partial charge in [0, 0.05) is 41.0 Å². The Balaban J connectivity index is 1.53. The molecule has 0 spiro atoms. The number of rotatable bonds is 4. The number of aryl methyl sites for hydroxylation is 2. The van der Waals surface area contributed by atoms with Crippen molar-refractivity contribution in [3.05, 3.63) is 101 Å². The van der Waals surface area contributed by atoms with Crippen LogP contribution in [0.5, 0.6) is 0 Å². The molecule has 1 unspecified atom stereocenters. The molecule has 2 amide bonds. The maximum Gasteiger partial charge on any atom is 0.255 e. The molecule has 5 heteroatoms. The van der Waals surface area contributed by atoms with E-state index in [2.05, 4.69) is 28.2 Å². The van der Waals surface area contributed by atoms with Crippen molar-refractivity contribution in [1.82, 2.24) is 9.47 Å². The number of amides is 2. The third-order valence-electron chi connectivity index (χ3n) is 5.93. The van der Waals surface area contributed by atoms with E-state index in [1.807, 2.05) is 74.6 Å². The number of nitrogens with zero attached hydrogens (tertiary/aromatic N) is 2. The molecular formula is C26H23N3O2. The molecule has 1 atom stereocenters. The van der Waals surface area contributed by atoms with Crippen LogP contribution in [0, 0.1) is 6.92 Å². The van der Waals surface area contributed by atoms with Crippen LogP contribution in [0.4, 0.5) is 5.69 Å². The predicted molar refractivity (Wildman–Crippen MR) is 122 cm³/mol. The number of benzene rings is 3. The molecule has 1 aliphatic heterocycles. The first-order chi connectivity index (χ1) is 15.0. The van der Waals surface area contributed by atoms with Gasteiger partial charge >= 0.3 is 0 Å². The summed E-state index contributed by atoms with van der Waals surface area (Å²) < 4.78 is 2.07. The number of hydrogen-bond acceptors (Lipinski definition) is 2. The summed E-state index contributed by atoms with van der Waals surface area (Å²) in [6.07, 6.45) is 2.07. The molecule has 0 fully saturated rings. The minimum absolute atomic E-state index is 0.0186. The van der Waals surface area contributed by atoms with Crippen LogP contribution in [0.1, 0.15) is 33.1 Å². The highest BCUT2D eigenvalue weighted by Crippen LogP contribution is 2.41. The Bertz CT molecular complexity index is 1300. The molecule has 0 saturated carbocycles. The van der Waals surface area contributed by atoms with Gasteiger partial charge in [-0.2, -0.15) is 0 Å². The molecule has 0 bridgehead atoms. The molecule has 3 aromatic carbocycles. The smallest absolute Gasteiger partial charge is 0.255 e. The van der Waals surface area contributed by atoms with E-state index in [0.717, 1.165) is 33.3 Å². The fourth-order valence-corrected chi connectivity index (χ4v) is 4.45. The Morgan fingerprint density at radius 3 is 2.45 bits per heavy atom. The van der Waals surface area contributed by atoms with Crippen LogP contribution in [0.3, 0.4) is 0 Å². The third-order valence-corrected chi connectivity index (χ3v) is 5.93. The first-order valence-corrected chi connectivity index (χ1v) is 10.3. The van der Waals surface area contributed by atoms with Gasteiger partial charge in [-0.25, -0.2) is 0 Å². The molecule has 0 saturated heterocycles. The molecule has 0 aliphatic carbocycles. The summed E-state index contributed by atoms with van der Waals surface area (Å²) in [5.74, 6) is -0.331. The number of anilines is 1. The highest BCUT2D eigenvalue weighted by atomic mass is 16.2. The van der Waals surface area contributed by atoms with E-state index < -0.39 is 0 Å². The summed E-state index contributed by atoms with van der Waals surface area (Å²) in [7, 11) is 2.00. The fourth-order valence-electron chi connectivity index (χ4n) is 4.45. The Labute approximate surface area is 180 Å². The molecule has 31 heavy (non-hydrogen) atoms. The van der Waals surface area contributed by atoms with Crippen molar-refractivity contribution in [3.8, 4) is 0 Å². The van der Waals surface area contributed by atoms with Gasteiger partial charge in [0.25, 0.3) is 5.91 Å². The maximum absolute atomic E-state index is 13.3. The molecule has 154 valence electrons. The van der Waals surface area contributed by atoms with E-state index in [-0.39, 0.29) is 24.4 Å². The fraction of sp³-hybridized carbons (Fsp3) is 0.154. The summed E-state index contributed by atoms with van der Waals surface area (Å²) in [5, 5.41) is 4.01. The lowest BCUT2D eigenvalue weighted by molar-refractivity contribution is -0.117. The third kappa shape index (κ3) is 3.28. The molecule has 1 N–H and O–H groups in total. The largest absolute Gasteiger partial charge is 0.350 e. The molecule has 1 aromatic heterocycles. The van der Waals surface area contributed by atoms with Crippen LogP contribution in [-0.4, -0.2) is 27.8 Å². The zero-order chi connectivity index (χ0) is 21.5. The van der Waals surface area contributed by atoms with Crippen LogP contribution in [0.2, 0.25) is 0 Å². The second-order valence-corrected chi connectivity index (χ2v) is 8.05. The first kappa shape index (κ1) is 19.1. The number of carbonyl (C=O) groups excluding carboxylic acids is 2. The van der Waals surface area contributed by atoms with Gasteiger partial charge in [0.1, 0.15) is 6.54 Å². The van der Waals surface area contributed by atoms with E-state index in [1.165, 1.54) is 0 Å². The van der Waals surface area contributed by atoms with Gasteiger partial charge in [0.2, 0.25) is 5.91 Å². The van der Waals surface area contributed by atoms with Crippen molar-refractivity contribution in [2.45, 2.75) is 13.0 Å². The average molecular weight is 409 g/mol. The van der Waals surface area contributed by atoms with Crippen molar-refractivity contribution in [2.75, 3.05) is 11.9 Å². The highest BCUT2D eigenvalue weighted by Gasteiger charge is 2.39. The van der Waals surface area contributed by atoms with Crippen LogP contribution in [0.15, 0.2) is 79.0 Å². The van der Waals surface area contributed by atoms with Crippen molar-refractivity contribution in [2.24, 2.45) is 7.05 Å².